The molecule has 7 nitrogen and oxygen atoms in total. The molecule has 0 aliphatic carbocycles. The lowest BCUT2D eigenvalue weighted by Crippen LogP contribution is -2.48. The Balaban J connectivity index is 1.67. The van der Waals surface area contributed by atoms with Crippen LogP contribution in [0.2, 0.25) is 5.02 Å². The molecule has 0 spiro atoms. The zero-order chi connectivity index (χ0) is 22.0. The minimum atomic E-state index is -3.96. The van der Waals surface area contributed by atoms with Crippen molar-refractivity contribution in [2.24, 2.45) is 0 Å². The van der Waals surface area contributed by atoms with E-state index in [0.717, 1.165) is 0 Å². The van der Waals surface area contributed by atoms with Crippen molar-refractivity contribution in [1.82, 2.24) is 0 Å². The molecule has 31 heavy (non-hydrogen) atoms. The molecule has 0 bridgehead atoms. The molecule has 160 valence electrons. The minimum Gasteiger partial charge on any atom is -0.497 e. The molecule has 0 fully saturated rings. The molecule has 1 aliphatic rings. The van der Waals surface area contributed by atoms with Crippen molar-refractivity contribution in [2.45, 2.75) is 11.0 Å². The van der Waals surface area contributed by atoms with E-state index < -0.39 is 22.0 Å². The number of ether oxygens (including phenoxy) is 2. The van der Waals surface area contributed by atoms with E-state index in [9.17, 15) is 13.2 Å². The molecule has 9 heteroatoms. The maximum atomic E-state index is 13.4. The number of anilines is 2. The second kappa shape index (κ2) is 8.49. The van der Waals surface area contributed by atoms with E-state index in [1.165, 1.54) is 23.5 Å². The third-order valence-electron chi connectivity index (χ3n) is 4.81. The number of halogens is 1. The lowest BCUT2D eigenvalue weighted by molar-refractivity contribution is -0.122. The molecular formula is C22H19ClN2O5S. The van der Waals surface area contributed by atoms with E-state index >= 15 is 0 Å². The van der Waals surface area contributed by atoms with Gasteiger partial charge >= 0.3 is 0 Å². The number of sulfonamides is 1. The summed E-state index contributed by atoms with van der Waals surface area (Å²) >= 11 is 6.12. The highest BCUT2D eigenvalue weighted by Crippen LogP contribution is 2.37. The topological polar surface area (TPSA) is 84.9 Å². The summed E-state index contributed by atoms with van der Waals surface area (Å²) in [6.07, 6.45) is -1.07. The third kappa shape index (κ3) is 4.17. The fourth-order valence-electron chi connectivity index (χ4n) is 3.22. The molecule has 1 unspecified atom stereocenters. The van der Waals surface area contributed by atoms with Gasteiger partial charge < -0.3 is 14.8 Å². The van der Waals surface area contributed by atoms with Crippen LogP contribution in [-0.2, 0) is 14.8 Å². The van der Waals surface area contributed by atoms with Crippen molar-refractivity contribution in [3.05, 3.63) is 77.8 Å². The van der Waals surface area contributed by atoms with Crippen LogP contribution in [0.15, 0.2) is 77.7 Å². The van der Waals surface area contributed by atoms with Crippen molar-refractivity contribution in [2.75, 3.05) is 23.3 Å². The molecule has 0 radical (unpaired) electrons. The highest BCUT2D eigenvalue weighted by molar-refractivity contribution is 7.92. The second-order valence-electron chi connectivity index (χ2n) is 6.75. The normalized spacial score (nSPS) is 15.5. The summed E-state index contributed by atoms with van der Waals surface area (Å²) in [7, 11) is -2.45. The first-order valence-corrected chi connectivity index (χ1v) is 11.2. The fourth-order valence-corrected chi connectivity index (χ4v) is 4.88. The number of para-hydroxylation sites is 3. The summed E-state index contributed by atoms with van der Waals surface area (Å²) in [4.78, 5) is 13.0. The molecule has 3 aromatic carbocycles. The van der Waals surface area contributed by atoms with E-state index in [-0.39, 0.29) is 11.4 Å². The highest BCUT2D eigenvalue weighted by atomic mass is 35.5. The number of benzene rings is 3. The summed E-state index contributed by atoms with van der Waals surface area (Å²) in [6, 6.07) is 19.5. The summed E-state index contributed by atoms with van der Waals surface area (Å²) in [6.45, 7) is -0.193. The van der Waals surface area contributed by atoms with Gasteiger partial charge in [0.2, 0.25) is 0 Å². The van der Waals surface area contributed by atoms with Gasteiger partial charge in [-0.25, -0.2) is 8.42 Å². The van der Waals surface area contributed by atoms with Crippen LogP contribution in [-0.4, -0.2) is 34.1 Å². The number of methoxy groups -OCH3 is 1. The number of hydrogen-bond donors (Lipinski definition) is 1. The van der Waals surface area contributed by atoms with Crippen LogP contribution < -0.4 is 19.1 Å². The van der Waals surface area contributed by atoms with Crippen LogP contribution in [0.3, 0.4) is 0 Å². The van der Waals surface area contributed by atoms with Crippen molar-refractivity contribution in [3.63, 3.8) is 0 Å². The molecular weight excluding hydrogens is 440 g/mol. The van der Waals surface area contributed by atoms with Crippen LogP contribution >= 0.6 is 11.6 Å². The average Bonchev–Trinajstić information content (AvgIpc) is 2.79. The molecule has 1 amide bonds. The first kappa shape index (κ1) is 21.0. The Morgan fingerprint density at radius 2 is 1.74 bits per heavy atom. The Hall–Kier alpha value is -3.23. The predicted molar refractivity (Wildman–Crippen MR) is 118 cm³/mol. The van der Waals surface area contributed by atoms with Crippen molar-refractivity contribution < 1.29 is 22.7 Å². The maximum Gasteiger partial charge on any atom is 0.267 e. The smallest absolute Gasteiger partial charge is 0.267 e. The van der Waals surface area contributed by atoms with Gasteiger partial charge in [0, 0.05) is 0 Å². The molecule has 4 rings (SSSR count). The van der Waals surface area contributed by atoms with Gasteiger partial charge in [0.05, 0.1) is 34.9 Å². The lowest BCUT2D eigenvalue weighted by Gasteiger charge is -2.34. The first-order valence-electron chi connectivity index (χ1n) is 9.38. The van der Waals surface area contributed by atoms with Gasteiger partial charge in [0.15, 0.2) is 6.10 Å². The summed E-state index contributed by atoms with van der Waals surface area (Å²) in [5.74, 6) is 0.334. The molecule has 0 saturated heterocycles. The minimum absolute atomic E-state index is 0.0789. The predicted octanol–water partition coefficient (Wildman–Crippen LogP) is 3.94. The number of nitrogens with zero attached hydrogens (tertiary/aromatic N) is 1. The van der Waals surface area contributed by atoms with E-state index in [0.29, 0.717) is 27.9 Å². The van der Waals surface area contributed by atoms with Gasteiger partial charge in [-0.3, -0.25) is 9.10 Å². The molecule has 1 atom stereocenters. The standard InChI is InChI=1S/C22H19ClN2O5S/c1-29-15-10-12-16(13-11-15)31(27,28)25-14-21(30-20-9-5-4-8-19(20)25)22(26)24-18-7-3-2-6-17(18)23/h2-13,21H,14H2,1H3,(H,24,26). The number of fused-ring (bicyclic) bond motifs is 1. The van der Waals surface area contributed by atoms with Gasteiger partial charge in [0.25, 0.3) is 15.9 Å². The summed E-state index contributed by atoms with van der Waals surface area (Å²) < 4.78 is 38.9. The monoisotopic (exact) mass is 458 g/mol. The molecule has 0 saturated carbocycles. The Bertz CT molecular complexity index is 1210. The number of rotatable bonds is 5. The third-order valence-corrected chi connectivity index (χ3v) is 6.93. The van der Waals surface area contributed by atoms with E-state index in [1.54, 1.807) is 60.7 Å². The summed E-state index contributed by atoms with van der Waals surface area (Å²) in [5.41, 5.74) is 0.779. The maximum absolute atomic E-state index is 13.4. The Morgan fingerprint density at radius 3 is 2.45 bits per heavy atom. The largest absolute Gasteiger partial charge is 0.497 e. The van der Waals surface area contributed by atoms with Crippen molar-refractivity contribution in [1.29, 1.82) is 0 Å². The number of carbonyl (C=O) groups is 1. The van der Waals surface area contributed by atoms with Gasteiger partial charge in [0.1, 0.15) is 11.5 Å². The van der Waals surface area contributed by atoms with E-state index in [1.807, 2.05) is 0 Å². The zero-order valence-electron chi connectivity index (χ0n) is 16.5. The molecule has 1 N–H and O–H groups in total. The van der Waals surface area contributed by atoms with E-state index in [4.69, 9.17) is 21.1 Å². The number of hydrogen-bond acceptors (Lipinski definition) is 5. The fraction of sp³-hybridized carbons (Fsp3) is 0.136. The molecule has 0 aromatic heterocycles. The molecule has 3 aromatic rings. The first-order chi connectivity index (χ1) is 14.9. The SMILES string of the molecule is COc1ccc(S(=O)(=O)N2CC(C(=O)Nc3ccccc3Cl)Oc3ccccc32)cc1. The Morgan fingerprint density at radius 1 is 1.06 bits per heavy atom. The van der Waals surface area contributed by atoms with Gasteiger partial charge in [-0.15, -0.1) is 0 Å². The van der Waals surface area contributed by atoms with Gasteiger partial charge in [-0.1, -0.05) is 35.9 Å². The molecule has 1 heterocycles. The van der Waals surface area contributed by atoms with Crippen LogP contribution in [0, 0.1) is 0 Å². The zero-order valence-corrected chi connectivity index (χ0v) is 18.1. The van der Waals surface area contributed by atoms with Crippen LogP contribution in [0.1, 0.15) is 0 Å². The highest BCUT2D eigenvalue weighted by Gasteiger charge is 2.37. The van der Waals surface area contributed by atoms with Gasteiger partial charge in [-0.05, 0) is 48.5 Å². The second-order valence-corrected chi connectivity index (χ2v) is 9.02. The summed E-state index contributed by atoms with van der Waals surface area (Å²) in [5, 5.41) is 3.07. The van der Waals surface area contributed by atoms with Crippen LogP contribution in [0.25, 0.3) is 0 Å². The van der Waals surface area contributed by atoms with Crippen molar-refractivity contribution >= 4 is 38.9 Å². The number of amides is 1. The number of carbonyl (C=O) groups excluding carboxylic acids is 1. The Labute approximate surface area is 185 Å². The molecule has 1 aliphatic heterocycles. The van der Waals surface area contributed by atoms with Crippen LogP contribution in [0.4, 0.5) is 11.4 Å². The van der Waals surface area contributed by atoms with Crippen molar-refractivity contribution in [3.8, 4) is 11.5 Å². The van der Waals surface area contributed by atoms with Gasteiger partial charge in [-0.2, -0.15) is 0 Å². The quantitative estimate of drug-likeness (QED) is 0.626. The average molecular weight is 459 g/mol. The Kier molecular flexibility index (Phi) is 5.75. The van der Waals surface area contributed by atoms with Crippen LogP contribution in [0.5, 0.6) is 11.5 Å². The van der Waals surface area contributed by atoms with E-state index in [2.05, 4.69) is 5.32 Å². The lowest BCUT2D eigenvalue weighted by atomic mass is 10.2. The number of nitrogens with one attached hydrogen (secondary N) is 1.